The number of hydrogen-bond donors (Lipinski definition) is 32. The average Bonchev–Trinajstić information content (AvgIpc) is 0.768. The van der Waals surface area contributed by atoms with Gasteiger partial charge < -0.3 is 255 Å². The van der Waals surface area contributed by atoms with Gasteiger partial charge in [0.2, 0.25) is 41.4 Å². The molecule has 7 amide bonds. The lowest BCUT2D eigenvalue weighted by Crippen LogP contribution is -2.71. The molecule has 50 atom stereocenters. The minimum absolute atomic E-state index is 0.818. The van der Waals surface area contributed by atoms with Gasteiger partial charge in [0.1, 0.15) is 244 Å². The Kier molecular flexibility index (Phi) is 39.4. The van der Waals surface area contributed by atoms with E-state index in [1.165, 1.54) is 0 Å². The van der Waals surface area contributed by atoms with E-state index >= 15 is 0 Å². The van der Waals surface area contributed by atoms with Crippen LogP contribution in [0.25, 0.3) is 0 Å². The van der Waals surface area contributed by atoms with Crippen molar-refractivity contribution in [3.05, 3.63) is 0 Å². The van der Waals surface area contributed by atoms with Gasteiger partial charge in [-0.3, -0.25) is 33.6 Å². The van der Waals surface area contributed by atoms with Gasteiger partial charge >= 0.3 is 0 Å². The molecular weight excluding hydrogens is 1800 g/mol. The number of carbonyl (C=O) groups excluding carboxylic acids is 7. The molecule has 10 rings (SSSR count). The molecule has 0 bridgehead atoms. The Bertz CT molecular complexity index is 3710. The fourth-order valence-electron chi connectivity index (χ4n) is 17.2. The zero-order valence-corrected chi connectivity index (χ0v) is 71.7. The van der Waals surface area contributed by atoms with Crippen LogP contribution in [0.1, 0.15) is 48.5 Å². The lowest BCUT2D eigenvalue weighted by Gasteiger charge is -2.52. The first-order chi connectivity index (χ1) is 62.4. The summed E-state index contributed by atoms with van der Waals surface area (Å²) in [6, 6.07) is -13.1. The van der Waals surface area contributed by atoms with Crippen molar-refractivity contribution in [2.45, 2.75) is 355 Å². The van der Waals surface area contributed by atoms with Crippen LogP contribution >= 0.6 is 0 Å². The van der Waals surface area contributed by atoms with E-state index < -0.39 is 414 Å². The molecule has 0 radical (unpaired) electrons. The van der Waals surface area contributed by atoms with Gasteiger partial charge in [-0.15, -0.1) is 0 Å². The number of aliphatic hydroxyl groups excluding tert-OH is 25. The highest BCUT2D eigenvalue weighted by Crippen LogP contribution is 2.42. The molecule has 0 aromatic rings. The average molecular weight is 1930 g/mol. The first kappa shape index (κ1) is 109. The van der Waals surface area contributed by atoms with Crippen LogP contribution in [0, 0.1) is 0 Å². The normalized spacial score (nSPS) is 46.7. The number of nitrogens with one attached hydrogen (secondary N) is 7. The lowest BCUT2D eigenvalue weighted by atomic mass is 9.93. The molecule has 132 heavy (non-hydrogen) atoms. The summed E-state index contributed by atoms with van der Waals surface area (Å²) < 4.78 is 116. The molecule has 0 saturated carbocycles. The molecule has 0 aromatic carbocycles. The molecule has 760 valence electrons. The largest absolute Gasteiger partial charge is 0.394 e. The maximum absolute atomic E-state index is 13.4. The van der Waals surface area contributed by atoms with E-state index in [9.17, 15) is 161 Å². The third kappa shape index (κ3) is 24.7. The quantitative estimate of drug-likeness (QED) is 0.0280. The minimum atomic E-state index is -2.71. The Hall–Kier alpha value is -5.47. The summed E-state index contributed by atoms with van der Waals surface area (Å²) in [6.45, 7) is -4.88. The van der Waals surface area contributed by atoms with Crippen molar-refractivity contribution in [1.29, 1.82) is 0 Å². The van der Waals surface area contributed by atoms with Gasteiger partial charge in [0, 0.05) is 48.5 Å². The fourth-order valence-corrected chi connectivity index (χ4v) is 17.2. The van der Waals surface area contributed by atoms with Crippen LogP contribution in [-0.2, 0) is 124 Å². The zero-order valence-electron chi connectivity index (χ0n) is 71.7. The molecule has 32 N–H and O–H groups in total. The van der Waals surface area contributed by atoms with Crippen LogP contribution in [0.4, 0.5) is 0 Å². The molecule has 10 fully saturated rings. The van der Waals surface area contributed by atoms with Crippen molar-refractivity contribution < 1.29 is 251 Å². The van der Waals surface area contributed by atoms with E-state index in [-0.39, 0.29) is 0 Å². The molecule has 10 heterocycles. The Balaban J connectivity index is 1.05. The van der Waals surface area contributed by atoms with Gasteiger partial charge in [-0.2, -0.15) is 0 Å². The second-order valence-electron chi connectivity index (χ2n) is 33.2. The highest BCUT2D eigenvalue weighted by molar-refractivity contribution is 5.75. The van der Waals surface area contributed by atoms with Gasteiger partial charge in [-0.25, -0.2) is 0 Å². The highest BCUT2D eigenvalue weighted by atomic mass is 16.8. The molecule has 10 aliphatic rings. The topological polar surface area (TPSA) is 885 Å². The molecule has 58 nitrogen and oxygen atoms in total. The number of aliphatic hydroxyl groups is 25. The summed E-state index contributed by atoms with van der Waals surface area (Å²) >= 11 is 0. The van der Waals surface area contributed by atoms with Gasteiger partial charge in [0.15, 0.2) is 62.9 Å². The molecule has 0 aromatic heterocycles. The Morgan fingerprint density at radius 1 is 0.197 bits per heavy atom. The molecule has 10 aliphatic heterocycles. The number of rotatable bonds is 35. The summed E-state index contributed by atoms with van der Waals surface area (Å²) in [5.74, 6) is -6.41. The second kappa shape index (κ2) is 47.9. The smallest absolute Gasteiger partial charge is 0.217 e. The Labute approximate surface area is 748 Å². The van der Waals surface area contributed by atoms with E-state index in [1.54, 1.807) is 0 Å². The van der Waals surface area contributed by atoms with Crippen LogP contribution in [0.5, 0.6) is 0 Å². The maximum atomic E-state index is 13.4. The molecule has 10 saturated heterocycles. The SMILES string of the molecule is CC(=O)N[C@H]1[C@H](O[C@H]2[C@H](O)[C@@H](NC(C)=O)C(O)O[C@@H]2CO)O[C@H](CO)[C@@H](O[C@@H]2O[C@H](CO[C@H]3O[C@H](CO)[C@@H](O)[C@H](O)[C@@H]3O[C@@H]3O[C@H](CO)[C@@H](O[C@@H]4O[C@H](CO)[C@H](O)[C@H](O)[C@H]4NC(C)=O)[C@H](O)[C@H]3NC(C)=O)[C@@H](O)[C@H](O[C@H]3O[C@H](CO)[C@@H](O[C@@H]4O[C@H](CO)[C@@H](O)[C@H](O)[C@H]4NC(C)=O)[C@H](O)[C@@H]3O[C@@H]3O[C@H](CO)[C@@H](O[C@@H]4O[C@H](CO)[C@H](O)[C@H](O)[C@H]4NC(C)=O)[C@H](O)[C@H]3NC(C)=O)[C@@H]2O)[C@@H]1O. The van der Waals surface area contributed by atoms with E-state index in [0.29, 0.717) is 0 Å². The van der Waals surface area contributed by atoms with Crippen molar-refractivity contribution in [2.24, 2.45) is 0 Å². The number of carbonyl (C=O) groups is 7. The predicted molar refractivity (Wildman–Crippen MR) is 411 cm³/mol. The summed E-state index contributed by atoms with van der Waals surface area (Å²) in [5.41, 5.74) is 0. The number of amides is 7. The molecule has 1 unspecified atom stereocenters. The Morgan fingerprint density at radius 2 is 0.409 bits per heavy atom. The Morgan fingerprint density at radius 3 is 0.712 bits per heavy atom. The summed E-state index contributed by atoms with van der Waals surface area (Å²) in [5, 5.41) is 301. The highest BCUT2D eigenvalue weighted by Gasteiger charge is 2.63. The van der Waals surface area contributed by atoms with Gasteiger partial charge in [0.25, 0.3) is 0 Å². The standard InChI is InChI=1S/C74H123N7O51/c1-18(91)75-35-50(106)57(29(12-86)115-65(35)113)125-69-39(79-22(5)95)53(109)60(32(15-89)120-69)129-72-56(112)62(46(102)34(124-72)17-114-73-63(54(110)45(101)28(11-85)119-73)131-70-40(80-23(6)96)51(107)58(30(13-87)121-70)126-66-36(76-19(2)92)47(103)42(98)25(8-82)116-66)130-74-64(55(111)61(33(16-90)123-74)128-68-38(78-21(4)94)49(105)44(100)27(10-84)118-68)132-71-41(81-24(7)97)52(108)59(31(14-88)122-71)127-67-37(77-20(3)93)48(104)43(99)26(9-83)117-67/h25-74,82-90,98-113H,8-17H2,1-7H3,(H,75,91)(H,76,92)(H,77,93)(H,78,94)(H,79,95)(H,80,96)(H,81,97)/t25-,26-,27-,28-,29-,30-,31-,32-,33-,34-,35-,36-,37-,38-,39-,40-,41-,42+,43+,44-,45-,46-,47-,48-,49-,50-,51-,52-,53-,54+,55+,56+,57-,58-,59-,60-,61-,62+,63+,64+,65?,66+,67+,68+,69+,70+,71+,72+,73+,74-/m1/s1. The first-order valence-electron chi connectivity index (χ1n) is 42.1. The zero-order chi connectivity index (χ0) is 97.4. The van der Waals surface area contributed by atoms with E-state index in [0.717, 1.165) is 48.5 Å². The van der Waals surface area contributed by atoms with Crippen molar-refractivity contribution in [3.8, 4) is 0 Å². The monoisotopic (exact) mass is 1930 g/mol. The lowest BCUT2D eigenvalue weighted by molar-refractivity contribution is -0.404. The number of ether oxygens (including phenoxy) is 19. The van der Waals surface area contributed by atoms with Gasteiger partial charge in [-0.1, -0.05) is 0 Å². The number of hydrogen-bond acceptors (Lipinski definition) is 51. The van der Waals surface area contributed by atoms with Crippen molar-refractivity contribution in [1.82, 2.24) is 37.2 Å². The van der Waals surface area contributed by atoms with Crippen LogP contribution in [-0.4, -0.2) is 542 Å². The predicted octanol–water partition coefficient (Wildman–Crippen LogP) is -21.8. The molecule has 58 heteroatoms. The molecular formula is C74H123N7O51. The summed E-state index contributed by atoms with van der Waals surface area (Å²) in [6.07, 6.45) is -92.0. The van der Waals surface area contributed by atoms with Crippen LogP contribution in [0.15, 0.2) is 0 Å². The van der Waals surface area contributed by atoms with E-state index in [2.05, 4.69) is 37.2 Å². The van der Waals surface area contributed by atoms with Crippen LogP contribution < -0.4 is 37.2 Å². The van der Waals surface area contributed by atoms with Crippen LogP contribution in [0.3, 0.4) is 0 Å². The van der Waals surface area contributed by atoms with Gasteiger partial charge in [-0.05, 0) is 0 Å². The van der Waals surface area contributed by atoms with Crippen molar-refractivity contribution in [2.75, 3.05) is 66.1 Å². The van der Waals surface area contributed by atoms with Crippen LogP contribution in [0.2, 0.25) is 0 Å². The summed E-state index contributed by atoms with van der Waals surface area (Å²) in [4.78, 5) is 89.7. The van der Waals surface area contributed by atoms with Crippen molar-refractivity contribution in [3.63, 3.8) is 0 Å². The third-order valence-corrected chi connectivity index (χ3v) is 23.7. The third-order valence-electron chi connectivity index (χ3n) is 23.7. The fraction of sp³-hybridized carbons (Fsp3) is 0.905. The summed E-state index contributed by atoms with van der Waals surface area (Å²) in [7, 11) is 0. The first-order valence-corrected chi connectivity index (χ1v) is 42.1. The van der Waals surface area contributed by atoms with Gasteiger partial charge in [0.05, 0.1) is 66.1 Å². The van der Waals surface area contributed by atoms with E-state index in [4.69, 9.17) is 90.0 Å². The van der Waals surface area contributed by atoms with E-state index in [1.807, 2.05) is 0 Å². The second-order valence-corrected chi connectivity index (χ2v) is 33.2. The van der Waals surface area contributed by atoms with Crippen molar-refractivity contribution >= 4 is 41.4 Å². The minimum Gasteiger partial charge on any atom is -0.394 e. The molecule has 0 aliphatic carbocycles. The maximum Gasteiger partial charge on any atom is 0.217 e. The molecule has 0 spiro atoms.